The Labute approximate surface area is 133 Å². The van der Waals surface area contributed by atoms with Crippen molar-refractivity contribution in [3.05, 3.63) is 16.1 Å². The van der Waals surface area contributed by atoms with Crippen LogP contribution < -0.4 is 5.32 Å². The van der Waals surface area contributed by atoms with Gasteiger partial charge in [-0.1, -0.05) is 41.5 Å². The average Bonchev–Trinajstić information content (AvgIpc) is 2.98. The Kier molecular flexibility index (Phi) is 3.53. The maximum atomic E-state index is 4.61. The van der Waals surface area contributed by atoms with Crippen molar-refractivity contribution in [2.24, 2.45) is 16.7 Å². The van der Waals surface area contributed by atoms with Gasteiger partial charge in [0.25, 0.3) is 0 Å². The van der Waals surface area contributed by atoms with E-state index in [4.69, 9.17) is 0 Å². The molecule has 1 N–H and O–H groups in total. The number of nitrogens with zero attached hydrogens (tertiary/aromatic N) is 1. The molecule has 1 aromatic rings. The topological polar surface area (TPSA) is 24.9 Å². The van der Waals surface area contributed by atoms with Crippen LogP contribution in [0, 0.1) is 16.7 Å². The Bertz CT molecular complexity index is 521. The van der Waals surface area contributed by atoms with E-state index < -0.39 is 0 Å². The molecule has 3 heteroatoms. The van der Waals surface area contributed by atoms with Gasteiger partial charge < -0.3 is 5.32 Å². The highest BCUT2D eigenvalue weighted by atomic mass is 32.1. The Hall–Kier alpha value is -0.410. The van der Waals surface area contributed by atoms with Crippen molar-refractivity contribution in [3.63, 3.8) is 0 Å². The molecule has 1 heterocycles. The van der Waals surface area contributed by atoms with Crippen LogP contribution in [-0.4, -0.2) is 11.0 Å². The van der Waals surface area contributed by atoms with Crippen molar-refractivity contribution in [1.82, 2.24) is 10.3 Å². The van der Waals surface area contributed by atoms with Gasteiger partial charge in [0, 0.05) is 29.1 Å². The highest BCUT2D eigenvalue weighted by molar-refractivity contribution is 7.11. The van der Waals surface area contributed by atoms with Crippen molar-refractivity contribution < 1.29 is 0 Å². The van der Waals surface area contributed by atoms with Crippen LogP contribution >= 0.6 is 11.3 Å². The van der Waals surface area contributed by atoms with Crippen LogP contribution in [-0.2, 0) is 12.0 Å². The Balaban J connectivity index is 1.69. The molecule has 2 bridgehead atoms. The molecule has 0 amide bonds. The Morgan fingerprint density at radius 2 is 2.05 bits per heavy atom. The summed E-state index contributed by atoms with van der Waals surface area (Å²) in [4.78, 5) is 5.99. The number of rotatable bonds is 3. The van der Waals surface area contributed by atoms with Gasteiger partial charge in [0.05, 0.1) is 5.01 Å². The van der Waals surface area contributed by atoms with Crippen LogP contribution in [0.15, 0.2) is 6.20 Å². The van der Waals surface area contributed by atoms with Gasteiger partial charge in [0.1, 0.15) is 0 Å². The fraction of sp³-hybridized carbons (Fsp3) is 0.833. The molecule has 2 aliphatic carbocycles. The second kappa shape index (κ2) is 4.79. The number of fused-ring (bicyclic) bond motifs is 2. The molecule has 3 rings (SSSR count). The third kappa shape index (κ3) is 2.57. The van der Waals surface area contributed by atoms with Crippen molar-refractivity contribution >= 4 is 11.3 Å². The molecule has 118 valence electrons. The zero-order valence-corrected chi connectivity index (χ0v) is 15.2. The summed E-state index contributed by atoms with van der Waals surface area (Å²) in [6.45, 7) is 15.1. The molecule has 2 aliphatic rings. The molecule has 3 atom stereocenters. The van der Waals surface area contributed by atoms with Gasteiger partial charge in [0.2, 0.25) is 0 Å². The summed E-state index contributed by atoms with van der Waals surface area (Å²) in [6, 6.07) is 0.643. The summed E-state index contributed by atoms with van der Waals surface area (Å²) in [5.41, 5.74) is 1.11. The summed E-state index contributed by atoms with van der Waals surface area (Å²) in [7, 11) is 0. The molecule has 0 radical (unpaired) electrons. The third-order valence-corrected chi connectivity index (χ3v) is 7.37. The zero-order valence-electron chi connectivity index (χ0n) is 14.4. The SMILES string of the molecule is CC(C)(C)c1ncc(CNC2C3(C)CCC(C3)C2(C)C)s1. The number of hydrogen-bond donors (Lipinski definition) is 1. The normalized spacial score (nSPS) is 34.6. The molecule has 0 saturated heterocycles. The lowest BCUT2D eigenvalue weighted by atomic mass is 9.68. The monoisotopic (exact) mass is 306 g/mol. The van der Waals surface area contributed by atoms with Crippen molar-refractivity contribution in [2.75, 3.05) is 0 Å². The molecule has 0 spiro atoms. The van der Waals surface area contributed by atoms with Crippen LogP contribution in [0.4, 0.5) is 0 Å². The fourth-order valence-electron chi connectivity index (χ4n) is 4.75. The lowest BCUT2D eigenvalue weighted by Crippen LogP contribution is -2.49. The smallest absolute Gasteiger partial charge is 0.0981 e. The largest absolute Gasteiger partial charge is 0.308 e. The first-order valence-corrected chi connectivity index (χ1v) is 9.13. The van der Waals surface area contributed by atoms with Crippen LogP contribution in [0.5, 0.6) is 0 Å². The number of aromatic nitrogens is 1. The highest BCUT2D eigenvalue weighted by Crippen LogP contribution is 2.62. The Morgan fingerprint density at radius 1 is 1.33 bits per heavy atom. The molecule has 21 heavy (non-hydrogen) atoms. The summed E-state index contributed by atoms with van der Waals surface area (Å²) in [6.07, 6.45) is 6.31. The van der Waals surface area contributed by atoms with Gasteiger partial charge in [-0.2, -0.15) is 0 Å². The van der Waals surface area contributed by atoms with E-state index in [1.165, 1.54) is 29.1 Å². The Morgan fingerprint density at radius 3 is 2.57 bits per heavy atom. The van der Waals surface area contributed by atoms with E-state index in [9.17, 15) is 0 Å². The summed E-state index contributed by atoms with van der Waals surface area (Å²) in [5, 5.41) is 5.14. The van der Waals surface area contributed by atoms with Gasteiger partial charge in [-0.3, -0.25) is 0 Å². The van der Waals surface area contributed by atoms with E-state index in [0.717, 1.165) is 12.5 Å². The second-order valence-electron chi connectivity index (χ2n) is 9.11. The van der Waals surface area contributed by atoms with E-state index in [2.05, 4.69) is 58.0 Å². The maximum absolute atomic E-state index is 4.61. The number of nitrogens with one attached hydrogen (secondary N) is 1. The molecular formula is C18H30N2S. The molecule has 2 saturated carbocycles. The van der Waals surface area contributed by atoms with E-state index in [1.54, 1.807) is 0 Å². The van der Waals surface area contributed by atoms with E-state index >= 15 is 0 Å². The van der Waals surface area contributed by atoms with Gasteiger partial charge in [-0.05, 0) is 36.0 Å². The molecule has 3 unspecified atom stereocenters. The zero-order chi connectivity index (χ0) is 15.5. The summed E-state index contributed by atoms with van der Waals surface area (Å²) >= 11 is 1.87. The fourth-order valence-corrected chi connectivity index (χ4v) is 5.67. The molecule has 0 aromatic carbocycles. The summed E-state index contributed by atoms with van der Waals surface area (Å²) in [5.74, 6) is 0.909. The van der Waals surface area contributed by atoms with Crippen LogP contribution in [0.2, 0.25) is 0 Å². The van der Waals surface area contributed by atoms with Gasteiger partial charge in [0.15, 0.2) is 0 Å². The first kappa shape index (κ1) is 15.5. The van der Waals surface area contributed by atoms with Crippen LogP contribution in [0.25, 0.3) is 0 Å². The van der Waals surface area contributed by atoms with Gasteiger partial charge in [-0.25, -0.2) is 4.98 Å². The van der Waals surface area contributed by atoms with Crippen molar-refractivity contribution in [2.45, 2.75) is 78.8 Å². The molecule has 0 aliphatic heterocycles. The second-order valence-corrected chi connectivity index (χ2v) is 10.2. The quantitative estimate of drug-likeness (QED) is 0.872. The van der Waals surface area contributed by atoms with Crippen molar-refractivity contribution in [1.29, 1.82) is 0 Å². The van der Waals surface area contributed by atoms with Crippen LogP contribution in [0.1, 0.15) is 70.7 Å². The molecular weight excluding hydrogens is 276 g/mol. The average molecular weight is 307 g/mol. The predicted molar refractivity (Wildman–Crippen MR) is 90.7 cm³/mol. The highest BCUT2D eigenvalue weighted by Gasteiger charge is 2.58. The number of thiazole rings is 1. The maximum Gasteiger partial charge on any atom is 0.0981 e. The standard InChI is InChI=1S/C18H30N2S/c1-16(2,3)15-20-11-13(21-15)10-19-14-17(4,5)12-7-8-18(14,6)9-12/h11-12,14,19H,7-10H2,1-6H3. The van der Waals surface area contributed by atoms with Crippen LogP contribution in [0.3, 0.4) is 0 Å². The lowest BCUT2D eigenvalue weighted by molar-refractivity contribution is 0.108. The van der Waals surface area contributed by atoms with Crippen molar-refractivity contribution in [3.8, 4) is 0 Å². The minimum Gasteiger partial charge on any atom is -0.308 e. The molecule has 2 fully saturated rings. The molecule has 2 nitrogen and oxygen atoms in total. The first-order valence-electron chi connectivity index (χ1n) is 8.31. The third-order valence-electron chi connectivity index (χ3n) is 5.95. The van der Waals surface area contributed by atoms with E-state index in [-0.39, 0.29) is 5.41 Å². The lowest BCUT2D eigenvalue weighted by Gasteiger charge is -2.43. The van der Waals surface area contributed by atoms with E-state index in [0.29, 0.717) is 16.9 Å². The van der Waals surface area contributed by atoms with E-state index in [1.807, 2.05) is 11.3 Å². The predicted octanol–water partition coefficient (Wildman–Crippen LogP) is 4.75. The minimum atomic E-state index is 0.167. The minimum absolute atomic E-state index is 0.167. The summed E-state index contributed by atoms with van der Waals surface area (Å²) < 4.78 is 0. The van der Waals surface area contributed by atoms with Gasteiger partial charge >= 0.3 is 0 Å². The number of hydrogen-bond acceptors (Lipinski definition) is 3. The van der Waals surface area contributed by atoms with Gasteiger partial charge in [-0.15, -0.1) is 11.3 Å². The first-order chi connectivity index (χ1) is 9.63. The molecule has 1 aromatic heterocycles.